The van der Waals surface area contributed by atoms with Crippen LogP contribution in [0.4, 0.5) is 4.39 Å². The molecule has 1 fully saturated rings. The lowest BCUT2D eigenvalue weighted by Crippen LogP contribution is -2.17. The Kier molecular flexibility index (Phi) is 5.99. The van der Waals surface area contributed by atoms with Gasteiger partial charge in [0, 0.05) is 22.6 Å². The van der Waals surface area contributed by atoms with Gasteiger partial charge in [0.1, 0.15) is 11.4 Å². The van der Waals surface area contributed by atoms with Crippen LogP contribution in [0, 0.1) is 5.82 Å². The summed E-state index contributed by atoms with van der Waals surface area (Å²) in [6.07, 6.45) is 2.02. The fourth-order valence-corrected chi connectivity index (χ4v) is 4.72. The van der Waals surface area contributed by atoms with Crippen molar-refractivity contribution in [1.29, 1.82) is 0 Å². The number of rotatable bonds is 7. The maximum atomic E-state index is 13.4. The maximum absolute atomic E-state index is 13.4. The number of ketones is 1. The average molecular weight is 472 g/mol. The molecule has 3 heterocycles. The molecule has 1 aliphatic rings. The van der Waals surface area contributed by atoms with Gasteiger partial charge in [-0.25, -0.2) is 4.39 Å². The highest BCUT2D eigenvalue weighted by molar-refractivity contribution is 7.99. The van der Waals surface area contributed by atoms with Gasteiger partial charge in [0.25, 0.3) is 0 Å². The van der Waals surface area contributed by atoms with Crippen LogP contribution in [0.2, 0.25) is 5.02 Å². The van der Waals surface area contributed by atoms with Crippen molar-refractivity contribution < 1.29 is 18.3 Å². The topological polar surface area (TPSA) is 70.2 Å². The fourth-order valence-electron chi connectivity index (χ4n) is 3.72. The summed E-state index contributed by atoms with van der Waals surface area (Å²) in [7, 11) is 0. The molecule has 9 heteroatoms. The Balaban J connectivity index is 1.38. The minimum Gasteiger partial charge on any atom is -0.453 e. The van der Waals surface area contributed by atoms with Crippen molar-refractivity contribution in [2.75, 3.05) is 12.4 Å². The summed E-state index contributed by atoms with van der Waals surface area (Å²) in [6, 6.07) is 13.1. The molecule has 2 aromatic carbocycles. The Morgan fingerprint density at radius 1 is 1.19 bits per heavy atom. The number of nitrogens with zero attached hydrogens (tertiary/aromatic N) is 3. The zero-order chi connectivity index (χ0) is 22.1. The summed E-state index contributed by atoms with van der Waals surface area (Å²) in [5, 5.41) is 10.6. The maximum Gasteiger partial charge on any atom is 0.208 e. The number of hydrogen-bond donors (Lipinski definition) is 0. The van der Waals surface area contributed by atoms with Crippen LogP contribution in [0.1, 0.15) is 23.4 Å². The summed E-state index contributed by atoms with van der Waals surface area (Å²) in [4.78, 5) is 12.8. The molecule has 1 atom stereocenters. The van der Waals surface area contributed by atoms with Crippen molar-refractivity contribution >= 4 is 40.1 Å². The molecule has 0 aliphatic carbocycles. The number of benzene rings is 2. The summed E-state index contributed by atoms with van der Waals surface area (Å²) in [6.45, 7) is 1.30. The molecule has 4 aromatic rings. The van der Waals surface area contributed by atoms with Gasteiger partial charge in [0.15, 0.2) is 16.7 Å². The molecule has 0 amide bonds. The zero-order valence-corrected chi connectivity index (χ0v) is 18.5. The van der Waals surface area contributed by atoms with Crippen molar-refractivity contribution in [3.05, 3.63) is 65.1 Å². The second-order valence-electron chi connectivity index (χ2n) is 7.56. The predicted octanol–water partition coefficient (Wildman–Crippen LogP) is 5.64. The quantitative estimate of drug-likeness (QED) is 0.257. The van der Waals surface area contributed by atoms with Gasteiger partial charge in [-0.2, -0.15) is 0 Å². The van der Waals surface area contributed by atoms with E-state index in [1.807, 2.05) is 4.57 Å². The van der Waals surface area contributed by atoms with E-state index in [9.17, 15) is 9.18 Å². The first-order chi connectivity index (χ1) is 15.6. The van der Waals surface area contributed by atoms with E-state index in [4.69, 9.17) is 20.8 Å². The van der Waals surface area contributed by atoms with Gasteiger partial charge in [-0.3, -0.25) is 9.36 Å². The third kappa shape index (κ3) is 4.44. The second-order valence-corrected chi connectivity index (χ2v) is 8.94. The van der Waals surface area contributed by atoms with Crippen LogP contribution >= 0.6 is 23.4 Å². The van der Waals surface area contributed by atoms with E-state index >= 15 is 0 Å². The van der Waals surface area contributed by atoms with Crippen molar-refractivity contribution in [3.8, 4) is 11.4 Å². The summed E-state index contributed by atoms with van der Waals surface area (Å²) >= 11 is 7.31. The number of aromatic nitrogens is 3. The molecule has 0 radical (unpaired) electrons. The van der Waals surface area contributed by atoms with E-state index in [0.717, 1.165) is 30.4 Å². The standard InChI is InChI=1S/C23H19ClFN3O3S/c24-16-5-8-20-15(10-16)11-21(31-20)19(29)13-32-23-27-26-22(14-3-6-17(25)7-4-14)28(23)12-18-2-1-9-30-18/h3-8,10-11,18H,1-2,9,12-13H2. The lowest BCUT2D eigenvalue weighted by Gasteiger charge is -2.14. The number of halogens is 2. The van der Waals surface area contributed by atoms with E-state index in [-0.39, 0.29) is 29.2 Å². The average Bonchev–Trinajstić information content (AvgIpc) is 3.53. The van der Waals surface area contributed by atoms with Crippen molar-refractivity contribution in [3.63, 3.8) is 0 Å². The number of fused-ring (bicyclic) bond motifs is 1. The first kappa shape index (κ1) is 21.2. The molecule has 1 aliphatic heterocycles. The first-order valence-electron chi connectivity index (χ1n) is 10.2. The van der Waals surface area contributed by atoms with Crippen LogP contribution in [0.5, 0.6) is 0 Å². The second kappa shape index (κ2) is 9.05. The first-order valence-corrected chi connectivity index (χ1v) is 11.6. The smallest absolute Gasteiger partial charge is 0.208 e. The van der Waals surface area contributed by atoms with Gasteiger partial charge in [-0.1, -0.05) is 23.4 Å². The van der Waals surface area contributed by atoms with Gasteiger partial charge < -0.3 is 9.15 Å². The fraction of sp³-hybridized carbons (Fsp3) is 0.261. The Morgan fingerprint density at radius 3 is 2.81 bits per heavy atom. The molecule has 164 valence electrons. The van der Waals surface area contributed by atoms with Gasteiger partial charge in [0.2, 0.25) is 5.78 Å². The van der Waals surface area contributed by atoms with Crippen LogP contribution < -0.4 is 0 Å². The van der Waals surface area contributed by atoms with Crippen LogP contribution in [0.3, 0.4) is 0 Å². The highest BCUT2D eigenvalue weighted by Gasteiger charge is 2.23. The van der Waals surface area contributed by atoms with Gasteiger partial charge in [0.05, 0.1) is 18.4 Å². The van der Waals surface area contributed by atoms with Gasteiger partial charge in [-0.15, -0.1) is 10.2 Å². The highest BCUT2D eigenvalue weighted by Crippen LogP contribution is 2.28. The van der Waals surface area contributed by atoms with E-state index in [1.54, 1.807) is 36.4 Å². The SMILES string of the molecule is O=C(CSc1nnc(-c2ccc(F)cc2)n1CC1CCCO1)c1cc2cc(Cl)ccc2o1. The minimum absolute atomic E-state index is 0.0559. The molecule has 2 aromatic heterocycles. The largest absolute Gasteiger partial charge is 0.453 e. The number of carbonyl (C=O) groups excluding carboxylic acids is 1. The van der Waals surface area contributed by atoms with Crippen molar-refractivity contribution in [2.45, 2.75) is 30.6 Å². The van der Waals surface area contributed by atoms with Gasteiger partial charge >= 0.3 is 0 Å². The number of thioether (sulfide) groups is 1. The molecule has 0 saturated carbocycles. The Morgan fingerprint density at radius 2 is 2.03 bits per heavy atom. The molecule has 1 saturated heterocycles. The monoisotopic (exact) mass is 471 g/mol. The molecule has 1 unspecified atom stereocenters. The van der Waals surface area contributed by atoms with E-state index in [0.29, 0.717) is 28.1 Å². The molecule has 32 heavy (non-hydrogen) atoms. The highest BCUT2D eigenvalue weighted by atomic mass is 35.5. The molecular formula is C23H19ClFN3O3S. The molecule has 6 nitrogen and oxygen atoms in total. The van der Waals surface area contributed by atoms with Crippen LogP contribution in [0.25, 0.3) is 22.4 Å². The van der Waals surface area contributed by atoms with Crippen molar-refractivity contribution in [2.24, 2.45) is 0 Å². The van der Waals surface area contributed by atoms with E-state index < -0.39 is 0 Å². The Labute approximate surface area is 192 Å². The number of ether oxygens (including phenoxy) is 1. The van der Waals surface area contributed by atoms with Crippen LogP contribution in [-0.2, 0) is 11.3 Å². The Bertz CT molecular complexity index is 1270. The Hall–Kier alpha value is -2.68. The molecule has 5 rings (SSSR count). The van der Waals surface area contributed by atoms with Crippen LogP contribution in [0.15, 0.2) is 58.1 Å². The third-order valence-corrected chi connectivity index (χ3v) is 6.52. The molecule has 0 bridgehead atoms. The van der Waals surface area contributed by atoms with E-state index in [1.165, 1.54) is 23.9 Å². The summed E-state index contributed by atoms with van der Waals surface area (Å²) < 4.78 is 26.8. The predicted molar refractivity (Wildman–Crippen MR) is 121 cm³/mol. The van der Waals surface area contributed by atoms with Crippen LogP contribution in [-0.4, -0.2) is 39.0 Å². The lowest BCUT2D eigenvalue weighted by molar-refractivity contribution is 0.0953. The third-order valence-electron chi connectivity index (χ3n) is 5.31. The summed E-state index contributed by atoms with van der Waals surface area (Å²) in [5.74, 6) is 0.566. The molecule has 0 N–H and O–H groups in total. The number of furan rings is 1. The van der Waals surface area contributed by atoms with Gasteiger partial charge in [-0.05, 0) is 61.4 Å². The van der Waals surface area contributed by atoms with Crippen molar-refractivity contribution in [1.82, 2.24) is 14.8 Å². The molecule has 0 spiro atoms. The lowest BCUT2D eigenvalue weighted by atomic mass is 10.2. The molecular weight excluding hydrogens is 453 g/mol. The normalized spacial score (nSPS) is 16.1. The number of Topliss-reactive ketones (excluding diaryl/α,β-unsaturated/α-hetero) is 1. The van der Waals surface area contributed by atoms with E-state index in [2.05, 4.69) is 10.2 Å². The zero-order valence-electron chi connectivity index (χ0n) is 17.0. The summed E-state index contributed by atoms with van der Waals surface area (Å²) in [5.41, 5.74) is 1.37. The number of hydrogen-bond acceptors (Lipinski definition) is 6. The minimum atomic E-state index is -0.314. The number of carbonyl (C=O) groups is 1.